The Morgan fingerprint density at radius 2 is 1.85 bits per heavy atom. The highest BCUT2D eigenvalue weighted by molar-refractivity contribution is 5.91. The van der Waals surface area contributed by atoms with Gasteiger partial charge in [-0.25, -0.2) is 24.2 Å². The van der Waals surface area contributed by atoms with E-state index < -0.39 is 23.6 Å². The van der Waals surface area contributed by atoms with Crippen LogP contribution in [-0.4, -0.2) is 23.8 Å². The maximum absolute atomic E-state index is 13.5. The van der Waals surface area contributed by atoms with Crippen molar-refractivity contribution in [3.63, 3.8) is 0 Å². The van der Waals surface area contributed by atoms with E-state index >= 15 is 0 Å². The normalized spacial score (nSPS) is 12.3. The van der Waals surface area contributed by atoms with Gasteiger partial charge in [0.1, 0.15) is 17.4 Å². The first-order valence-electron chi connectivity index (χ1n) is 11.6. The van der Waals surface area contributed by atoms with Gasteiger partial charge in [0.2, 0.25) is 0 Å². The Morgan fingerprint density at radius 1 is 1.15 bits per heavy atom. The monoisotopic (exact) mass is 542 g/mol. The summed E-state index contributed by atoms with van der Waals surface area (Å²) in [6.45, 7) is 8.52. The molecule has 2 aromatic carbocycles. The SMILES string of the molecule is C=NC(=N/C=C(\C)NC(=O)Nc1cc(C(F)(F)F)ccc1C(C)C)Oc1ccc(-c2cc(F)cnc2N)cc1. The molecular formula is C27H26F4N6O2. The molecule has 0 atom stereocenters. The van der Waals surface area contributed by atoms with E-state index in [0.717, 1.165) is 18.3 Å². The van der Waals surface area contributed by atoms with Crippen molar-refractivity contribution in [1.29, 1.82) is 0 Å². The number of amides is 2. The molecule has 2 amide bonds. The van der Waals surface area contributed by atoms with Gasteiger partial charge in [0.15, 0.2) is 0 Å². The third kappa shape index (κ3) is 7.87. The number of urea groups is 1. The van der Waals surface area contributed by atoms with E-state index in [-0.39, 0.29) is 29.1 Å². The number of nitrogens with one attached hydrogen (secondary N) is 2. The molecule has 0 saturated heterocycles. The Hall–Kier alpha value is -4.74. The first kappa shape index (κ1) is 28.8. The van der Waals surface area contributed by atoms with Gasteiger partial charge in [0.25, 0.3) is 0 Å². The number of hydrogen-bond donors (Lipinski definition) is 3. The van der Waals surface area contributed by atoms with Crippen LogP contribution in [0.25, 0.3) is 11.1 Å². The number of nitrogens with two attached hydrogens (primary N) is 1. The van der Waals surface area contributed by atoms with Gasteiger partial charge in [-0.1, -0.05) is 32.0 Å². The molecule has 0 aliphatic rings. The number of anilines is 2. The summed E-state index contributed by atoms with van der Waals surface area (Å²) in [5, 5.41) is 4.95. The number of halogens is 4. The van der Waals surface area contributed by atoms with Crippen molar-refractivity contribution in [2.24, 2.45) is 9.98 Å². The third-order valence-corrected chi connectivity index (χ3v) is 5.33. The van der Waals surface area contributed by atoms with Gasteiger partial charge in [0.05, 0.1) is 18.0 Å². The second-order valence-electron chi connectivity index (χ2n) is 8.63. The highest BCUT2D eigenvalue weighted by Crippen LogP contribution is 2.34. The molecule has 0 spiro atoms. The van der Waals surface area contributed by atoms with Crippen molar-refractivity contribution >= 4 is 30.3 Å². The fourth-order valence-corrected chi connectivity index (χ4v) is 3.45. The summed E-state index contributed by atoms with van der Waals surface area (Å²) < 4.78 is 58.5. The number of alkyl halides is 3. The number of nitrogens with zero attached hydrogens (tertiary/aromatic N) is 3. The molecule has 0 bridgehead atoms. The molecule has 12 heteroatoms. The van der Waals surface area contributed by atoms with Gasteiger partial charge in [0, 0.05) is 16.9 Å². The molecule has 3 aromatic rings. The molecule has 1 heterocycles. The maximum atomic E-state index is 13.5. The van der Waals surface area contributed by atoms with Crippen LogP contribution in [0.3, 0.4) is 0 Å². The van der Waals surface area contributed by atoms with Crippen LogP contribution >= 0.6 is 0 Å². The molecule has 39 heavy (non-hydrogen) atoms. The largest absolute Gasteiger partial charge is 0.424 e. The number of nitrogen functional groups attached to an aromatic ring is 1. The van der Waals surface area contributed by atoms with Gasteiger partial charge in [-0.15, -0.1) is 0 Å². The van der Waals surface area contributed by atoms with Crippen LogP contribution in [0, 0.1) is 5.82 Å². The van der Waals surface area contributed by atoms with Crippen LogP contribution in [0.5, 0.6) is 5.75 Å². The predicted molar refractivity (Wildman–Crippen MR) is 143 cm³/mol. The summed E-state index contributed by atoms with van der Waals surface area (Å²) in [4.78, 5) is 24.0. The Balaban J connectivity index is 1.68. The van der Waals surface area contributed by atoms with Crippen molar-refractivity contribution in [2.75, 3.05) is 11.1 Å². The average molecular weight is 543 g/mol. The highest BCUT2D eigenvalue weighted by atomic mass is 19.4. The third-order valence-electron chi connectivity index (χ3n) is 5.33. The van der Waals surface area contributed by atoms with E-state index in [1.807, 2.05) is 0 Å². The van der Waals surface area contributed by atoms with Gasteiger partial charge >= 0.3 is 18.2 Å². The lowest BCUT2D eigenvalue weighted by Crippen LogP contribution is -2.28. The number of carbonyl (C=O) groups excluding carboxylic acids is 1. The zero-order chi connectivity index (χ0) is 28.7. The zero-order valence-corrected chi connectivity index (χ0v) is 21.3. The Morgan fingerprint density at radius 3 is 2.46 bits per heavy atom. The summed E-state index contributed by atoms with van der Waals surface area (Å²) in [6.07, 6.45) is -2.28. The molecule has 0 aliphatic heterocycles. The highest BCUT2D eigenvalue weighted by Gasteiger charge is 2.31. The summed E-state index contributed by atoms with van der Waals surface area (Å²) in [5.74, 6) is -0.135. The number of pyridine rings is 1. The molecule has 0 saturated carbocycles. The molecule has 8 nitrogen and oxygen atoms in total. The van der Waals surface area contributed by atoms with E-state index in [1.165, 1.54) is 25.3 Å². The summed E-state index contributed by atoms with van der Waals surface area (Å²) in [5.41, 5.74) is 6.82. The van der Waals surface area contributed by atoms with E-state index in [4.69, 9.17) is 10.5 Å². The van der Waals surface area contributed by atoms with Crippen molar-refractivity contribution < 1.29 is 27.1 Å². The first-order valence-corrected chi connectivity index (χ1v) is 11.6. The van der Waals surface area contributed by atoms with Crippen LogP contribution in [0.4, 0.5) is 33.9 Å². The van der Waals surface area contributed by atoms with Gasteiger partial charge in [-0.05, 0) is 61.0 Å². The standard InChI is InChI=1S/C27H26F4N6O2/c1-15(2)21-10-7-18(27(29,30)31)11-23(21)37-25(38)36-16(3)13-35-26(33-4)39-20-8-5-17(6-9-20)22-12-19(28)14-34-24(22)32/h5-15H,4H2,1-3H3,(H2,32,34)(H2,36,37,38)/b16-13+,35-26?. The molecule has 3 rings (SSSR count). The predicted octanol–water partition coefficient (Wildman–Crippen LogP) is 6.73. The van der Waals surface area contributed by atoms with Crippen LogP contribution in [0.2, 0.25) is 0 Å². The maximum Gasteiger partial charge on any atom is 0.416 e. The van der Waals surface area contributed by atoms with Crippen molar-refractivity contribution in [1.82, 2.24) is 10.3 Å². The smallest absolute Gasteiger partial charge is 0.416 e. The Labute approximate surface area is 222 Å². The number of hydrogen-bond acceptors (Lipinski definition) is 5. The first-order chi connectivity index (χ1) is 18.4. The van der Waals surface area contributed by atoms with Crippen LogP contribution in [0.1, 0.15) is 37.8 Å². The molecule has 0 radical (unpaired) electrons. The number of amidine groups is 1. The quantitative estimate of drug-likeness (QED) is 0.182. The summed E-state index contributed by atoms with van der Waals surface area (Å²) in [7, 11) is 0. The molecule has 0 fully saturated rings. The van der Waals surface area contributed by atoms with E-state index in [0.29, 0.717) is 22.4 Å². The van der Waals surface area contributed by atoms with Crippen LogP contribution in [-0.2, 0) is 6.18 Å². The number of rotatable bonds is 6. The lowest BCUT2D eigenvalue weighted by atomic mass is 9.99. The molecule has 0 unspecified atom stereocenters. The number of allylic oxidation sites excluding steroid dienone is 1. The molecule has 4 N–H and O–H groups in total. The topological polar surface area (TPSA) is 114 Å². The molecular weight excluding hydrogens is 516 g/mol. The molecule has 0 aliphatic carbocycles. The number of ether oxygens (including phenoxy) is 1. The number of carbonyl (C=O) groups is 1. The fourth-order valence-electron chi connectivity index (χ4n) is 3.45. The van der Waals surface area contributed by atoms with Crippen LogP contribution in [0.15, 0.2) is 76.6 Å². The Bertz CT molecular complexity index is 1420. The Kier molecular flexibility index (Phi) is 9.02. The van der Waals surface area contributed by atoms with E-state index in [2.05, 4.69) is 32.3 Å². The van der Waals surface area contributed by atoms with Crippen molar-refractivity contribution in [3.8, 4) is 16.9 Å². The lowest BCUT2D eigenvalue weighted by molar-refractivity contribution is -0.137. The fraction of sp³-hybridized carbons (Fsp3) is 0.185. The van der Waals surface area contributed by atoms with Crippen LogP contribution < -0.4 is 21.1 Å². The van der Waals surface area contributed by atoms with Gasteiger partial charge < -0.3 is 21.1 Å². The average Bonchev–Trinajstić information content (AvgIpc) is 2.87. The number of aromatic nitrogens is 1. The zero-order valence-electron chi connectivity index (χ0n) is 21.3. The minimum Gasteiger partial charge on any atom is -0.424 e. The molecule has 1 aromatic heterocycles. The lowest BCUT2D eigenvalue weighted by Gasteiger charge is -2.17. The van der Waals surface area contributed by atoms with E-state index in [9.17, 15) is 22.4 Å². The van der Waals surface area contributed by atoms with Gasteiger partial charge in [-0.3, -0.25) is 0 Å². The van der Waals surface area contributed by atoms with Crippen molar-refractivity contribution in [3.05, 3.63) is 83.6 Å². The number of aliphatic imine (C=N–C) groups is 2. The van der Waals surface area contributed by atoms with E-state index in [1.54, 1.807) is 38.1 Å². The van der Waals surface area contributed by atoms with Crippen molar-refractivity contribution in [2.45, 2.75) is 32.9 Å². The molecule has 204 valence electrons. The summed E-state index contributed by atoms with van der Waals surface area (Å²) in [6, 6.07) is 10.0. The summed E-state index contributed by atoms with van der Waals surface area (Å²) >= 11 is 0. The minimum absolute atomic E-state index is 0.0460. The second kappa shape index (κ2) is 12.2. The minimum atomic E-state index is -4.55. The van der Waals surface area contributed by atoms with Gasteiger partial charge in [-0.2, -0.15) is 13.2 Å². The number of benzene rings is 2. The second-order valence-corrected chi connectivity index (χ2v) is 8.63.